The van der Waals surface area contributed by atoms with Gasteiger partial charge in [-0.3, -0.25) is 0 Å². The average molecular weight is 334 g/mol. The molecular formula is C17H22N2O3S. The molecular weight excluding hydrogens is 312 g/mol. The van der Waals surface area contributed by atoms with Gasteiger partial charge in [-0.15, -0.1) is 0 Å². The molecule has 1 unspecified atom stereocenters. The molecule has 2 rings (SSSR count). The maximum atomic E-state index is 12.6. The van der Waals surface area contributed by atoms with Crippen LogP contribution in [0.1, 0.15) is 11.6 Å². The van der Waals surface area contributed by atoms with Crippen LogP contribution in [0.2, 0.25) is 0 Å². The molecule has 0 saturated carbocycles. The van der Waals surface area contributed by atoms with Gasteiger partial charge in [-0.2, -0.15) is 0 Å². The summed E-state index contributed by atoms with van der Waals surface area (Å²) in [6.07, 6.45) is 0. The molecule has 1 atom stereocenters. The number of hydrogen-bond donors (Lipinski definition) is 1. The second-order valence-electron chi connectivity index (χ2n) is 5.52. The van der Waals surface area contributed by atoms with Crippen LogP contribution in [0.25, 0.3) is 0 Å². The van der Waals surface area contributed by atoms with Crippen molar-refractivity contribution >= 4 is 10.0 Å². The van der Waals surface area contributed by atoms with E-state index in [0.717, 1.165) is 5.56 Å². The molecule has 2 aromatic rings. The van der Waals surface area contributed by atoms with Crippen molar-refractivity contribution in [3.05, 3.63) is 60.2 Å². The molecule has 23 heavy (non-hydrogen) atoms. The molecule has 0 amide bonds. The van der Waals surface area contributed by atoms with Gasteiger partial charge in [0.1, 0.15) is 5.75 Å². The molecule has 2 aromatic carbocycles. The van der Waals surface area contributed by atoms with Crippen LogP contribution in [-0.4, -0.2) is 41.1 Å². The summed E-state index contributed by atoms with van der Waals surface area (Å²) in [6, 6.07) is 15.6. The molecule has 6 heteroatoms. The first kappa shape index (κ1) is 17.5. The highest BCUT2D eigenvalue weighted by Crippen LogP contribution is 2.20. The average Bonchev–Trinajstić information content (AvgIpc) is 2.54. The maximum absolute atomic E-state index is 12.6. The lowest BCUT2D eigenvalue weighted by molar-refractivity contribution is 0.363. The normalized spacial score (nSPS) is 13.0. The molecule has 0 aliphatic carbocycles. The van der Waals surface area contributed by atoms with Gasteiger partial charge >= 0.3 is 0 Å². The van der Waals surface area contributed by atoms with Crippen molar-refractivity contribution in [3.63, 3.8) is 0 Å². The molecule has 1 N–H and O–H groups in total. The summed E-state index contributed by atoms with van der Waals surface area (Å²) >= 11 is 0. The minimum absolute atomic E-state index is 0.220. The van der Waals surface area contributed by atoms with E-state index in [-0.39, 0.29) is 10.9 Å². The van der Waals surface area contributed by atoms with Crippen molar-refractivity contribution in [1.29, 1.82) is 0 Å². The van der Waals surface area contributed by atoms with Gasteiger partial charge in [-0.1, -0.05) is 30.3 Å². The maximum Gasteiger partial charge on any atom is 0.241 e. The highest BCUT2D eigenvalue weighted by atomic mass is 32.2. The van der Waals surface area contributed by atoms with Crippen LogP contribution in [-0.2, 0) is 10.0 Å². The summed E-state index contributed by atoms with van der Waals surface area (Å²) in [5, 5.41) is 0. The van der Waals surface area contributed by atoms with Gasteiger partial charge < -0.3 is 9.64 Å². The number of ether oxygens (including phenoxy) is 1. The molecule has 124 valence electrons. The van der Waals surface area contributed by atoms with Gasteiger partial charge in [0.25, 0.3) is 0 Å². The number of hydrogen-bond acceptors (Lipinski definition) is 4. The summed E-state index contributed by atoms with van der Waals surface area (Å²) in [7, 11) is 1.76. The third-order valence-corrected chi connectivity index (χ3v) is 4.90. The van der Waals surface area contributed by atoms with Gasteiger partial charge in [-0.05, 0) is 43.9 Å². The number of benzene rings is 2. The highest BCUT2D eigenvalue weighted by molar-refractivity contribution is 7.89. The monoisotopic (exact) mass is 334 g/mol. The van der Waals surface area contributed by atoms with E-state index in [2.05, 4.69) is 4.72 Å². The van der Waals surface area contributed by atoms with Crippen LogP contribution in [0.4, 0.5) is 0 Å². The number of nitrogens with zero attached hydrogens (tertiary/aromatic N) is 1. The van der Waals surface area contributed by atoms with Crippen molar-refractivity contribution in [3.8, 4) is 5.75 Å². The SMILES string of the molecule is COc1ccc(S(=O)(=O)NC(CN(C)C)c2ccccc2)cc1. The predicted molar refractivity (Wildman–Crippen MR) is 91.1 cm³/mol. The van der Waals surface area contributed by atoms with E-state index in [0.29, 0.717) is 12.3 Å². The Hall–Kier alpha value is -1.89. The Morgan fingerprint density at radius 2 is 1.65 bits per heavy atom. The summed E-state index contributed by atoms with van der Waals surface area (Å²) in [5.74, 6) is 0.622. The van der Waals surface area contributed by atoms with Gasteiger partial charge in [-0.25, -0.2) is 13.1 Å². The third kappa shape index (κ3) is 4.79. The van der Waals surface area contributed by atoms with Crippen molar-refractivity contribution in [2.45, 2.75) is 10.9 Å². The van der Waals surface area contributed by atoms with Crippen molar-refractivity contribution < 1.29 is 13.2 Å². The van der Waals surface area contributed by atoms with Crippen LogP contribution < -0.4 is 9.46 Å². The standard InChI is InChI=1S/C17H22N2O3S/c1-19(2)13-17(14-7-5-4-6-8-14)18-23(20,21)16-11-9-15(22-3)10-12-16/h4-12,17-18H,13H2,1-3H3. The van der Waals surface area contributed by atoms with E-state index in [1.165, 1.54) is 0 Å². The minimum atomic E-state index is -3.61. The van der Waals surface area contributed by atoms with Crippen molar-refractivity contribution in [2.24, 2.45) is 0 Å². The van der Waals surface area contributed by atoms with Gasteiger partial charge in [0, 0.05) is 6.54 Å². The number of sulfonamides is 1. The topological polar surface area (TPSA) is 58.6 Å². The quantitative estimate of drug-likeness (QED) is 0.844. The van der Waals surface area contributed by atoms with E-state index in [4.69, 9.17) is 4.74 Å². The van der Waals surface area contributed by atoms with Gasteiger partial charge in [0.15, 0.2) is 0 Å². The summed E-state index contributed by atoms with van der Waals surface area (Å²) in [4.78, 5) is 2.17. The second-order valence-corrected chi connectivity index (χ2v) is 7.24. The fourth-order valence-corrected chi connectivity index (χ4v) is 3.49. The van der Waals surface area contributed by atoms with Crippen LogP contribution in [0.5, 0.6) is 5.75 Å². The van der Waals surface area contributed by atoms with E-state index < -0.39 is 10.0 Å². The Morgan fingerprint density at radius 3 is 2.17 bits per heavy atom. The fraction of sp³-hybridized carbons (Fsp3) is 0.294. The van der Waals surface area contributed by atoms with Crippen LogP contribution in [0.15, 0.2) is 59.5 Å². The van der Waals surface area contributed by atoms with Gasteiger partial charge in [0.2, 0.25) is 10.0 Å². The molecule has 5 nitrogen and oxygen atoms in total. The number of nitrogens with one attached hydrogen (secondary N) is 1. The number of rotatable bonds is 7. The zero-order valence-electron chi connectivity index (χ0n) is 13.6. The molecule has 0 fully saturated rings. The van der Waals surface area contributed by atoms with E-state index in [1.54, 1.807) is 31.4 Å². The number of methoxy groups -OCH3 is 1. The first-order chi connectivity index (χ1) is 10.9. The Morgan fingerprint density at radius 1 is 1.04 bits per heavy atom. The lowest BCUT2D eigenvalue weighted by atomic mass is 10.1. The molecule has 0 radical (unpaired) electrons. The van der Waals surface area contributed by atoms with Crippen molar-refractivity contribution in [1.82, 2.24) is 9.62 Å². The van der Waals surface area contributed by atoms with E-state index in [1.807, 2.05) is 49.3 Å². The Kier molecular flexibility index (Phi) is 5.76. The predicted octanol–water partition coefficient (Wildman–Crippen LogP) is 2.28. The first-order valence-corrected chi connectivity index (χ1v) is 8.77. The smallest absolute Gasteiger partial charge is 0.241 e. The summed E-state index contributed by atoms with van der Waals surface area (Å²) in [5.41, 5.74) is 0.929. The molecule has 0 aliphatic heterocycles. The molecule has 0 bridgehead atoms. The van der Waals surface area contributed by atoms with Crippen LogP contribution >= 0.6 is 0 Å². The van der Waals surface area contributed by atoms with Gasteiger partial charge in [0.05, 0.1) is 18.0 Å². The fourth-order valence-electron chi connectivity index (χ4n) is 2.27. The van der Waals surface area contributed by atoms with E-state index in [9.17, 15) is 8.42 Å². The highest BCUT2D eigenvalue weighted by Gasteiger charge is 2.22. The molecule has 0 heterocycles. The molecule has 0 spiro atoms. The minimum Gasteiger partial charge on any atom is -0.497 e. The lowest BCUT2D eigenvalue weighted by Gasteiger charge is -2.22. The van der Waals surface area contributed by atoms with Crippen molar-refractivity contribution in [2.75, 3.05) is 27.7 Å². The zero-order chi connectivity index (χ0) is 16.9. The zero-order valence-corrected chi connectivity index (χ0v) is 14.4. The lowest BCUT2D eigenvalue weighted by Crippen LogP contribution is -2.35. The summed E-state index contributed by atoms with van der Waals surface area (Å²) in [6.45, 7) is 0.569. The first-order valence-electron chi connectivity index (χ1n) is 7.28. The van der Waals surface area contributed by atoms with E-state index >= 15 is 0 Å². The second kappa shape index (κ2) is 7.59. The number of likely N-dealkylation sites (N-methyl/N-ethyl adjacent to an activating group) is 1. The Bertz CT molecular complexity index is 713. The Balaban J connectivity index is 2.26. The van der Waals surface area contributed by atoms with Crippen LogP contribution in [0.3, 0.4) is 0 Å². The van der Waals surface area contributed by atoms with Crippen LogP contribution in [0, 0.1) is 0 Å². The largest absolute Gasteiger partial charge is 0.497 e. The third-order valence-electron chi connectivity index (χ3n) is 3.42. The molecule has 0 saturated heterocycles. The molecule has 0 aliphatic rings. The Labute approximate surface area is 137 Å². The molecule has 0 aromatic heterocycles. The summed E-state index contributed by atoms with van der Waals surface area (Å²) < 4.78 is 33.1.